The maximum Gasteiger partial charge on any atom is 0.345 e. The Morgan fingerprint density at radius 1 is 1.26 bits per heavy atom. The summed E-state index contributed by atoms with van der Waals surface area (Å²) in [6, 6.07) is 0.143. The lowest BCUT2D eigenvalue weighted by Gasteiger charge is -2.27. The van der Waals surface area contributed by atoms with Crippen LogP contribution in [0.25, 0.3) is 0 Å². The molecule has 146 valence electrons. The lowest BCUT2D eigenvalue weighted by atomic mass is 10.1. The molecule has 0 spiro atoms. The highest BCUT2D eigenvalue weighted by molar-refractivity contribution is 5.95. The van der Waals surface area contributed by atoms with Crippen molar-refractivity contribution in [2.45, 2.75) is 78.7 Å². The van der Waals surface area contributed by atoms with Crippen LogP contribution in [0.5, 0.6) is 0 Å². The molecule has 4 rings (SSSR count). The van der Waals surface area contributed by atoms with Gasteiger partial charge in [0.05, 0.1) is 17.8 Å². The summed E-state index contributed by atoms with van der Waals surface area (Å²) in [6.07, 6.45) is 4.21. The van der Waals surface area contributed by atoms with Crippen LogP contribution in [0.3, 0.4) is 0 Å². The smallest absolute Gasteiger partial charge is 0.330 e. The predicted octanol–water partition coefficient (Wildman–Crippen LogP) is 1.46. The molecule has 0 aromatic carbocycles. The van der Waals surface area contributed by atoms with Crippen LogP contribution in [0.2, 0.25) is 0 Å². The minimum atomic E-state index is -0.0476. The number of aromatic nitrogens is 5. The Bertz CT molecular complexity index is 921. The van der Waals surface area contributed by atoms with Crippen molar-refractivity contribution in [3.63, 3.8) is 0 Å². The summed E-state index contributed by atoms with van der Waals surface area (Å²) < 4.78 is 5.23. The summed E-state index contributed by atoms with van der Waals surface area (Å²) in [4.78, 5) is 28.1. The second-order valence-corrected chi connectivity index (χ2v) is 8.15. The van der Waals surface area contributed by atoms with Crippen LogP contribution >= 0.6 is 0 Å². The average Bonchev–Trinajstić information content (AvgIpc) is 3.22. The third-order valence-electron chi connectivity index (χ3n) is 5.84. The van der Waals surface area contributed by atoms with Crippen molar-refractivity contribution in [3.05, 3.63) is 33.8 Å². The van der Waals surface area contributed by atoms with Gasteiger partial charge in [-0.05, 0) is 32.6 Å². The van der Waals surface area contributed by atoms with Crippen molar-refractivity contribution in [3.8, 4) is 0 Å². The highest BCUT2D eigenvalue weighted by Crippen LogP contribution is 2.32. The molecular weight excluding hydrogens is 344 g/mol. The Morgan fingerprint density at radius 3 is 2.67 bits per heavy atom. The van der Waals surface area contributed by atoms with Crippen molar-refractivity contribution >= 4 is 5.91 Å². The highest BCUT2D eigenvalue weighted by Gasteiger charge is 2.42. The number of carbonyl (C=O) groups is 1. The first-order chi connectivity index (χ1) is 12.9. The molecule has 2 aliphatic rings. The fraction of sp³-hybridized carbons (Fsp3) is 0.684. The van der Waals surface area contributed by atoms with Gasteiger partial charge in [-0.15, -0.1) is 0 Å². The average molecular weight is 372 g/mol. The number of hydrogen-bond acceptors (Lipinski definition) is 4. The van der Waals surface area contributed by atoms with Gasteiger partial charge in [0, 0.05) is 37.8 Å². The van der Waals surface area contributed by atoms with Crippen LogP contribution < -0.4 is 5.69 Å². The molecule has 8 nitrogen and oxygen atoms in total. The standard InChI is InChI=1S/C19H28N6O2/c1-5-23-13(4)16(9-20-23)18(26)25-14-6-7-15(25)11-22-17(8-14)21-24(19(22)27)10-12(2)3/h9,12,14-15H,5-8,10-11H2,1-4H3/t14-,15+/m0/s1. The largest absolute Gasteiger partial charge is 0.345 e. The van der Waals surface area contributed by atoms with Gasteiger partial charge < -0.3 is 4.90 Å². The number of nitrogens with zero attached hydrogens (tertiary/aromatic N) is 6. The molecule has 4 heterocycles. The van der Waals surface area contributed by atoms with Gasteiger partial charge in [0.25, 0.3) is 5.91 Å². The number of hydrogen-bond donors (Lipinski definition) is 0. The number of amides is 1. The fourth-order valence-electron chi connectivity index (χ4n) is 4.49. The summed E-state index contributed by atoms with van der Waals surface area (Å²) >= 11 is 0. The Labute approximate surface area is 158 Å². The normalized spacial score (nSPS) is 21.6. The zero-order chi connectivity index (χ0) is 19.3. The van der Waals surface area contributed by atoms with E-state index in [1.807, 2.05) is 23.4 Å². The second-order valence-electron chi connectivity index (χ2n) is 8.15. The molecule has 2 aromatic rings. The number of aryl methyl sites for hydroxylation is 1. The summed E-state index contributed by atoms with van der Waals surface area (Å²) in [5.41, 5.74) is 1.53. The van der Waals surface area contributed by atoms with E-state index in [-0.39, 0.29) is 23.7 Å². The lowest BCUT2D eigenvalue weighted by Crippen LogP contribution is -2.43. The van der Waals surface area contributed by atoms with Crippen molar-refractivity contribution in [2.24, 2.45) is 5.92 Å². The van der Waals surface area contributed by atoms with E-state index in [0.717, 1.165) is 30.9 Å². The number of rotatable bonds is 4. The van der Waals surface area contributed by atoms with Gasteiger partial charge in [-0.1, -0.05) is 13.8 Å². The topological polar surface area (TPSA) is 78.0 Å². The van der Waals surface area contributed by atoms with Crippen LogP contribution in [0.15, 0.2) is 11.0 Å². The van der Waals surface area contributed by atoms with Gasteiger partial charge in [0.2, 0.25) is 0 Å². The van der Waals surface area contributed by atoms with E-state index in [1.54, 1.807) is 15.4 Å². The van der Waals surface area contributed by atoms with E-state index < -0.39 is 0 Å². The molecule has 2 atom stereocenters. The molecule has 1 saturated heterocycles. The first kappa shape index (κ1) is 18.0. The van der Waals surface area contributed by atoms with Gasteiger partial charge in [-0.25, -0.2) is 9.48 Å². The van der Waals surface area contributed by atoms with E-state index in [1.165, 1.54) is 0 Å². The maximum atomic E-state index is 13.3. The molecule has 0 saturated carbocycles. The minimum absolute atomic E-state index is 0.0351. The number of fused-ring (bicyclic) bond motifs is 3. The predicted molar refractivity (Wildman–Crippen MR) is 101 cm³/mol. The molecule has 2 aliphatic heterocycles. The molecule has 8 heteroatoms. The van der Waals surface area contributed by atoms with Crippen molar-refractivity contribution in [1.29, 1.82) is 0 Å². The zero-order valence-electron chi connectivity index (χ0n) is 16.6. The summed E-state index contributed by atoms with van der Waals surface area (Å²) in [6.45, 7) is 10.0. The fourth-order valence-corrected chi connectivity index (χ4v) is 4.49. The van der Waals surface area contributed by atoms with Crippen LogP contribution in [-0.4, -0.2) is 47.0 Å². The molecule has 0 N–H and O–H groups in total. The number of carbonyl (C=O) groups excluding carboxylic acids is 1. The monoisotopic (exact) mass is 372 g/mol. The van der Waals surface area contributed by atoms with E-state index in [4.69, 9.17) is 0 Å². The Balaban J connectivity index is 1.64. The quantitative estimate of drug-likeness (QED) is 0.814. The second kappa shape index (κ2) is 6.65. The van der Waals surface area contributed by atoms with Crippen LogP contribution in [-0.2, 0) is 26.1 Å². The molecule has 0 unspecified atom stereocenters. The van der Waals surface area contributed by atoms with Gasteiger partial charge in [0.1, 0.15) is 5.82 Å². The minimum Gasteiger partial charge on any atom is -0.330 e. The Morgan fingerprint density at radius 2 is 2.00 bits per heavy atom. The highest BCUT2D eigenvalue weighted by atomic mass is 16.2. The third kappa shape index (κ3) is 2.91. The van der Waals surface area contributed by atoms with Crippen LogP contribution in [0.4, 0.5) is 0 Å². The van der Waals surface area contributed by atoms with E-state index >= 15 is 0 Å². The summed E-state index contributed by atoms with van der Waals surface area (Å²) in [7, 11) is 0. The molecule has 2 bridgehead atoms. The van der Waals surface area contributed by atoms with Gasteiger partial charge in [-0.2, -0.15) is 10.2 Å². The third-order valence-corrected chi connectivity index (χ3v) is 5.84. The van der Waals surface area contributed by atoms with Crippen molar-refractivity contribution < 1.29 is 4.79 Å². The van der Waals surface area contributed by atoms with Gasteiger partial charge in [-0.3, -0.25) is 14.0 Å². The van der Waals surface area contributed by atoms with Crippen molar-refractivity contribution in [1.82, 2.24) is 29.0 Å². The molecule has 1 amide bonds. The van der Waals surface area contributed by atoms with E-state index in [9.17, 15) is 9.59 Å². The Kier molecular flexibility index (Phi) is 4.44. The first-order valence-electron chi connectivity index (χ1n) is 9.92. The first-order valence-corrected chi connectivity index (χ1v) is 9.92. The van der Waals surface area contributed by atoms with E-state index in [0.29, 0.717) is 31.0 Å². The molecular formula is C19H28N6O2. The SMILES string of the molecule is CCn1ncc(C(=O)N2[C@@H]3CC[C@H]2Cc2nn(CC(C)C)c(=O)n2C3)c1C. The molecule has 27 heavy (non-hydrogen) atoms. The molecule has 2 aromatic heterocycles. The van der Waals surface area contributed by atoms with Crippen LogP contribution in [0.1, 0.15) is 55.5 Å². The molecule has 0 aliphatic carbocycles. The van der Waals surface area contributed by atoms with E-state index in [2.05, 4.69) is 24.0 Å². The summed E-state index contributed by atoms with van der Waals surface area (Å²) in [5, 5.41) is 8.91. The van der Waals surface area contributed by atoms with Gasteiger partial charge >= 0.3 is 5.69 Å². The Hall–Kier alpha value is -2.38. The van der Waals surface area contributed by atoms with Gasteiger partial charge in [0.15, 0.2) is 0 Å². The van der Waals surface area contributed by atoms with Crippen molar-refractivity contribution in [2.75, 3.05) is 0 Å². The molecule has 0 radical (unpaired) electrons. The van der Waals surface area contributed by atoms with Crippen LogP contribution in [0, 0.1) is 12.8 Å². The maximum absolute atomic E-state index is 13.3. The lowest BCUT2D eigenvalue weighted by molar-refractivity contribution is 0.0664. The zero-order valence-corrected chi connectivity index (χ0v) is 16.6. The molecule has 1 fully saturated rings. The summed E-state index contributed by atoms with van der Waals surface area (Å²) in [5.74, 6) is 1.22.